The first-order valence-electron chi connectivity index (χ1n) is 6.03. The van der Waals surface area contributed by atoms with Crippen molar-refractivity contribution in [2.24, 2.45) is 0 Å². The summed E-state index contributed by atoms with van der Waals surface area (Å²) in [6, 6.07) is 12.8. The van der Waals surface area contributed by atoms with Crippen LogP contribution in [0.4, 0.5) is 0 Å². The summed E-state index contributed by atoms with van der Waals surface area (Å²) in [6.45, 7) is 0. The van der Waals surface area contributed by atoms with Crippen LogP contribution in [0.2, 0.25) is 0 Å². The van der Waals surface area contributed by atoms with Crippen LogP contribution in [0, 0.1) is 0 Å². The molecule has 0 aliphatic heterocycles. The van der Waals surface area contributed by atoms with Gasteiger partial charge in [0.15, 0.2) is 5.69 Å². The minimum absolute atomic E-state index is 0.301. The number of benzene rings is 1. The predicted molar refractivity (Wildman–Crippen MR) is 76.5 cm³/mol. The van der Waals surface area contributed by atoms with E-state index in [4.69, 9.17) is 10.2 Å². The number of nitrogens with zero attached hydrogens (tertiary/aromatic N) is 1. The summed E-state index contributed by atoms with van der Waals surface area (Å²) in [5, 5.41) is 18.3. The van der Waals surface area contributed by atoms with Crippen molar-refractivity contribution in [2.75, 3.05) is 0 Å². The van der Waals surface area contributed by atoms with Crippen LogP contribution in [0.15, 0.2) is 54.9 Å². The molecular formula is C15H12N2O4. The van der Waals surface area contributed by atoms with E-state index >= 15 is 0 Å². The molecule has 0 fully saturated rings. The Morgan fingerprint density at radius 2 is 1.71 bits per heavy atom. The smallest absolute Gasteiger partial charge is 0.355 e. The van der Waals surface area contributed by atoms with E-state index in [1.165, 1.54) is 29.2 Å². The number of rotatable bonds is 2. The van der Waals surface area contributed by atoms with E-state index in [0.29, 0.717) is 0 Å². The minimum atomic E-state index is -1.34. The maximum atomic E-state index is 10.4. The summed E-state index contributed by atoms with van der Waals surface area (Å²) in [5.74, 6) is -2.63. The second-order valence-electron chi connectivity index (χ2n) is 4.07. The molecule has 3 N–H and O–H groups in total. The van der Waals surface area contributed by atoms with Crippen LogP contribution >= 0.6 is 0 Å². The fourth-order valence-electron chi connectivity index (χ4n) is 1.74. The van der Waals surface area contributed by atoms with E-state index in [9.17, 15) is 9.59 Å². The highest BCUT2D eigenvalue weighted by Crippen LogP contribution is 2.09. The molecular weight excluding hydrogens is 272 g/mol. The van der Waals surface area contributed by atoms with Crippen LogP contribution in [-0.2, 0) is 0 Å². The van der Waals surface area contributed by atoms with Crippen molar-refractivity contribution >= 4 is 22.8 Å². The molecule has 0 saturated carbocycles. The Hall–Kier alpha value is -3.15. The van der Waals surface area contributed by atoms with Gasteiger partial charge in [0.2, 0.25) is 0 Å². The number of hydrogen-bond acceptors (Lipinski definition) is 3. The molecule has 0 bridgehead atoms. The lowest BCUT2D eigenvalue weighted by atomic mass is 10.2. The zero-order valence-electron chi connectivity index (χ0n) is 10.9. The lowest BCUT2D eigenvalue weighted by Crippen LogP contribution is -2.09. The number of para-hydroxylation sites is 1. The van der Waals surface area contributed by atoms with E-state index < -0.39 is 17.6 Å². The quantitative estimate of drug-likeness (QED) is 0.671. The lowest BCUT2D eigenvalue weighted by molar-refractivity contribution is 0.0646. The SMILES string of the molecule is O=C(O)c1cccnc1C(=O)O.c1ccc2[nH]ccc2c1. The number of aromatic amines is 1. The summed E-state index contributed by atoms with van der Waals surface area (Å²) >= 11 is 0. The first kappa shape index (κ1) is 14.3. The van der Waals surface area contributed by atoms with E-state index in [1.54, 1.807) is 0 Å². The maximum absolute atomic E-state index is 10.4. The van der Waals surface area contributed by atoms with Gasteiger partial charge < -0.3 is 15.2 Å². The van der Waals surface area contributed by atoms with Crippen molar-refractivity contribution in [2.45, 2.75) is 0 Å². The van der Waals surface area contributed by atoms with Crippen molar-refractivity contribution < 1.29 is 19.8 Å². The van der Waals surface area contributed by atoms with Gasteiger partial charge >= 0.3 is 11.9 Å². The highest BCUT2D eigenvalue weighted by atomic mass is 16.4. The number of aromatic nitrogens is 2. The number of aromatic carboxylic acids is 2. The molecule has 3 rings (SSSR count). The fourth-order valence-corrected chi connectivity index (χ4v) is 1.74. The number of nitrogens with one attached hydrogen (secondary N) is 1. The normalized spacial score (nSPS) is 9.71. The third kappa shape index (κ3) is 3.44. The summed E-state index contributed by atoms with van der Waals surface area (Å²) < 4.78 is 0. The van der Waals surface area contributed by atoms with Crippen LogP contribution in [-0.4, -0.2) is 32.1 Å². The average molecular weight is 284 g/mol. The third-order valence-corrected chi connectivity index (χ3v) is 2.70. The number of pyridine rings is 1. The summed E-state index contributed by atoms with van der Waals surface area (Å²) in [4.78, 5) is 27.4. The first-order chi connectivity index (χ1) is 10.1. The van der Waals surface area contributed by atoms with Crippen molar-refractivity contribution in [1.29, 1.82) is 0 Å². The number of carboxylic acid groups (broad SMARTS) is 2. The molecule has 0 aliphatic rings. The topological polar surface area (TPSA) is 103 Å². The molecule has 0 spiro atoms. The Kier molecular flexibility index (Phi) is 4.30. The van der Waals surface area contributed by atoms with Gasteiger partial charge in [-0.15, -0.1) is 0 Å². The molecule has 0 unspecified atom stereocenters. The summed E-state index contributed by atoms with van der Waals surface area (Å²) in [5.41, 5.74) is 0.465. The minimum Gasteiger partial charge on any atom is -0.478 e. The zero-order chi connectivity index (χ0) is 15.2. The maximum Gasteiger partial charge on any atom is 0.355 e. The number of H-pyrrole nitrogens is 1. The predicted octanol–water partition coefficient (Wildman–Crippen LogP) is 2.65. The molecule has 6 nitrogen and oxygen atoms in total. The van der Waals surface area contributed by atoms with Crippen LogP contribution < -0.4 is 0 Å². The van der Waals surface area contributed by atoms with Gasteiger partial charge in [-0.2, -0.15) is 0 Å². The van der Waals surface area contributed by atoms with Gasteiger partial charge in [-0.05, 0) is 29.7 Å². The monoisotopic (exact) mass is 284 g/mol. The number of hydrogen-bond donors (Lipinski definition) is 3. The third-order valence-electron chi connectivity index (χ3n) is 2.70. The van der Waals surface area contributed by atoms with Gasteiger partial charge in [0.1, 0.15) is 0 Å². The highest BCUT2D eigenvalue weighted by Gasteiger charge is 2.15. The van der Waals surface area contributed by atoms with Gasteiger partial charge in [0, 0.05) is 17.9 Å². The molecule has 106 valence electrons. The van der Waals surface area contributed by atoms with Crippen molar-refractivity contribution in [3.8, 4) is 0 Å². The largest absolute Gasteiger partial charge is 0.478 e. The molecule has 0 atom stereocenters. The number of carboxylic acids is 2. The van der Waals surface area contributed by atoms with Gasteiger partial charge in [-0.3, -0.25) is 0 Å². The first-order valence-corrected chi connectivity index (χ1v) is 6.03. The van der Waals surface area contributed by atoms with E-state index in [2.05, 4.69) is 28.2 Å². The molecule has 0 radical (unpaired) electrons. The van der Waals surface area contributed by atoms with Crippen molar-refractivity contribution in [3.63, 3.8) is 0 Å². The molecule has 0 aliphatic carbocycles. The second kappa shape index (κ2) is 6.33. The lowest BCUT2D eigenvalue weighted by Gasteiger charge is -1.97. The Bertz CT molecular complexity index is 717. The van der Waals surface area contributed by atoms with Crippen molar-refractivity contribution in [1.82, 2.24) is 9.97 Å². The van der Waals surface area contributed by atoms with Crippen LogP contribution in [0.1, 0.15) is 20.8 Å². The van der Waals surface area contributed by atoms with Crippen molar-refractivity contribution in [3.05, 3.63) is 66.1 Å². The van der Waals surface area contributed by atoms with Gasteiger partial charge in [-0.25, -0.2) is 14.6 Å². The number of fused-ring (bicyclic) bond motifs is 1. The van der Waals surface area contributed by atoms with Gasteiger partial charge in [0.25, 0.3) is 0 Å². The standard InChI is InChI=1S/C8H7N.C7H5NO4/c1-2-4-8-7(3-1)5-6-9-8;9-6(10)4-2-1-3-8-5(4)7(11)12/h1-6,9H;1-3H,(H,9,10)(H,11,12). The molecule has 0 saturated heterocycles. The van der Waals surface area contributed by atoms with Crippen LogP contribution in [0.5, 0.6) is 0 Å². The molecule has 2 heterocycles. The van der Waals surface area contributed by atoms with E-state index in [1.807, 2.05) is 18.3 Å². The van der Waals surface area contributed by atoms with Gasteiger partial charge in [-0.1, -0.05) is 18.2 Å². The molecule has 21 heavy (non-hydrogen) atoms. The Morgan fingerprint density at radius 3 is 2.33 bits per heavy atom. The van der Waals surface area contributed by atoms with Crippen LogP contribution in [0.3, 0.4) is 0 Å². The Labute approximate surface area is 119 Å². The molecule has 2 aromatic heterocycles. The van der Waals surface area contributed by atoms with Gasteiger partial charge in [0.05, 0.1) is 5.56 Å². The number of carbonyl (C=O) groups is 2. The Balaban J connectivity index is 0.000000159. The summed E-state index contributed by atoms with van der Waals surface area (Å²) in [6.07, 6.45) is 3.18. The molecule has 1 aromatic carbocycles. The zero-order valence-corrected chi connectivity index (χ0v) is 10.9. The fraction of sp³-hybridized carbons (Fsp3) is 0. The van der Waals surface area contributed by atoms with E-state index in [-0.39, 0.29) is 5.56 Å². The summed E-state index contributed by atoms with van der Waals surface area (Å²) in [7, 11) is 0. The molecule has 6 heteroatoms. The Morgan fingerprint density at radius 1 is 0.952 bits per heavy atom. The molecule has 3 aromatic rings. The van der Waals surface area contributed by atoms with Crippen LogP contribution in [0.25, 0.3) is 10.9 Å². The highest BCUT2D eigenvalue weighted by molar-refractivity contribution is 6.00. The molecule has 0 amide bonds. The van der Waals surface area contributed by atoms with E-state index in [0.717, 1.165) is 0 Å². The second-order valence-corrected chi connectivity index (χ2v) is 4.07. The average Bonchev–Trinajstić information content (AvgIpc) is 2.96.